The predicted molar refractivity (Wildman–Crippen MR) is 82.9 cm³/mol. The summed E-state index contributed by atoms with van der Waals surface area (Å²) in [5.41, 5.74) is 10.9. The molecule has 0 bridgehead atoms. The lowest BCUT2D eigenvalue weighted by atomic mass is 9.70. The van der Waals surface area contributed by atoms with Gasteiger partial charge in [0.05, 0.1) is 5.60 Å². The summed E-state index contributed by atoms with van der Waals surface area (Å²) in [4.78, 5) is 0. The summed E-state index contributed by atoms with van der Waals surface area (Å²) in [6.07, 6.45) is 7.15. The van der Waals surface area contributed by atoms with Crippen LogP contribution in [0.25, 0.3) is 0 Å². The van der Waals surface area contributed by atoms with Gasteiger partial charge in [-0.1, -0.05) is 23.8 Å². The van der Waals surface area contributed by atoms with E-state index < -0.39 is 0 Å². The molecule has 1 aliphatic carbocycles. The first kappa shape index (κ1) is 14.1. The summed E-state index contributed by atoms with van der Waals surface area (Å²) in [6.45, 7) is 5.26. The molecule has 1 aromatic carbocycles. The Morgan fingerprint density at radius 2 is 2.15 bits per heavy atom. The van der Waals surface area contributed by atoms with Crippen LogP contribution in [-0.4, -0.2) is 18.2 Å². The fourth-order valence-electron chi connectivity index (χ4n) is 3.79. The molecule has 0 amide bonds. The molecule has 2 fully saturated rings. The molecule has 1 aliphatic heterocycles. The van der Waals surface area contributed by atoms with Crippen molar-refractivity contribution in [3.8, 4) is 0 Å². The minimum atomic E-state index is 0.211. The SMILES string of the molecule is Cc1ccc(C)c(CC(N)C2CCOC3(CCC3)C2)c1. The van der Waals surface area contributed by atoms with E-state index in [-0.39, 0.29) is 11.6 Å². The summed E-state index contributed by atoms with van der Waals surface area (Å²) >= 11 is 0. The molecule has 0 aromatic heterocycles. The maximum atomic E-state index is 6.54. The average molecular weight is 273 g/mol. The van der Waals surface area contributed by atoms with E-state index in [1.54, 1.807) is 0 Å². The van der Waals surface area contributed by atoms with Crippen molar-refractivity contribution in [2.45, 2.75) is 64.0 Å². The lowest BCUT2D eigenvalue weighted by molar-refractivity contribution is -0.145. The van der Waals surface area contributed by atoms with Crippen molar-refractivity contribution in [2.24, 2.45) is 11.7 Å². The molecule has 1 heterocycles. The normalized spacial score (nSPS) is 26.2. The number of ether oxygens (including phenoxy) is 1. The number of hydrogen-bond acceptors (Lipinski definition) is 2. The monoisotopic (exact) mass is 273 g/mol. The molecular formula is C18H27NO. The Kier molecular flexibility index (Phi) is 3.87. The predicted octanol–water partition coefficient (Wildman–Crippen LogP) is 3.52. The van der Waals surface area contributed by atoms with Crippen molar-refractivity contribution >= 4 is 0 Å². The van der Waals surface area contributed by atoms with Crippen LogP contribution >= 0.6 is 0 Å². The molecule has 2 heteroatoms. The summed E-state index contributed by atoms with van der Waals surface area (Å²) in [6, 6.07) is 6.97. The first-order chi connectivity index (χ1) is 9.58. The van der Waals surface area contributed by atoms with Crippen LogP contribution < -0.4 is 5.73 Å². The van der Waals surface area contributed by atoms with E-state index in [1.165, 1.54) is 42.4 Å². The molecule has 1 aromatic rings. The van der Waals surface area contributed by atoms with Crippen LogP contribution in [0.15, 0.2) is 18.2 Å². The van der Waals surface area contributed by atoms with Crippen LogP contribution in [0.5, 0.6) is 0 Å². The van der Waals surface area contributed by atoms with Gasteiger partial charge in [-0.25, -0.2) is 0 Å². The Morgan fingerprint density at radius 1 is 1.35 bits per heavy atom. The van der Waals surface area contributed by atoms with Crippen LogP contribution in [-0.2, 0) is 11.2 Å². The van der Waals surface area contributed by atoms with E-state index in [1.807, 2.05) is 0 Å². The van der Waals surface area contributed by atoms with E-state index in [9.17, 15) is 0 Å². The van der Waals surface area contributed by atoms with Gasteiger partial charge in [-0.05, 0) is 69.4 Å². The van der Waals surface area contributed by atoms with Gasteiger partial charge < -0.3 is 10.5 Å². The van der Waals surface area contributed by atoms with E-state index in [2.05, 4.69) is 32.0 Å². The number of rotatable bonds is 3. The van der Waals surface area contributed by atoms with Gasteiger partial charge >= 0.3 is 0 Å². The van der Waals surface area contributed by atoms with Gasteiger partial charge in [-0.3, -0.25) is 0 Å². The summed E-state index contributed by atoms with van der Waals surface area (Å²) in [7, 11) is 0. The second-order valence-electron chi connectivity index (χ2n) is 6.94. The zero-order valence-electron chi connectivity index (χ0n) is 12.8. The second kappa shape index (κ2) is 5.50. The Hall–Kier alpha value is -0.860. The number of nitrogens with two attached hydrogens (primary N) is 1. The Morgan fingerprint density at radius 3 is 2.85 bits per heavy atom. The van der Waals surface area contributed by atoms with Crippen molar-refractivity contribution in [3.05, 3.63) is 34.9 Å². The molecule has 2 aliphatic rings. The van der Waals surface area contributed by atoms with E-state index in [0.29, 0.717) is 5.92 Å². The van der Waals surface area contributed by atoms with Crippen LogP contribution in [0.2, 0.25) is 0 Å². The first-order valence-corrected chi connectivity index (χ1v) is 8.04. The highest BCUT2D eigenvalue weighted by molar-refractivity contribution is 5.31. The number of benzene rings is 1. The number of hydrogen-bond donors (Lipinski definition) is 1. The van der Waals surface area contributed by atoms with Crippen LogP contribution in [0.4, 0.5) is 0 Å². The summed E-state index contributed by atoms with van der Waals surface area (Å²) in [5, 5.41) is 0. The van der Waals surface area contributed by atoms with Crippen LogP contribution in [0.3, 0.4) is 0 Å². The van der Waals surface area contributed by atoms with Gasteiger partial charge in [0.1, 0.15) is 0 Å². The molecule has 2 nitrogen and oxygen atoms in total. The maximum absolute atomic E-state index is 6.54. The molecule has 1 spiro atoms. The van der Waals surface area contributed by atoms with E-state index in [0.717, 1.165) is 19.4 Å². The fourth-order valence-corrected chi connectivity index (χ4v) is 3.79. The van der Waals surface area contributed by atoms with Gasteiger partial charge in [0.2, 0.25) is 0 Å². The standard InChI is InChI=1S/C18H27NO/c1-13-4-5-14(2)16(10-13)11-17(19)15-6-9-20-18(12-15)7-3-8-18/h4-5,10,15,17H,3,6-9,11-12,19H2,1-2H3. The van der Waals surface area contributed by atoms with E-state index >= 15 is 0 Å². The lowest BCUT2D eigenvalue weighted by Gasteiger charge is -2.48. The van der Waals surface area contributed by atoms with Gasteiger partial charge in [0, 0.05) is 12.6 Å². The molecule has 2 N–H and O–H groups in total. The highest BCUT2D eigenvalue weighted by atomic mass is 16.5. The van der Waals surface area contributed by atoms with Crippen molar-refractivity contribution in [1.82, 2.24) is 0 Å². The molecule has 20 heavy (non-hydrogen) atoms. The summed E-state index contributed by atoms with van der Waals surface area (Å²) < 4.78 is 6.02. The largest absolute Gasteiger partial charge is 0.375 e. The third-order valence-electron chi connectivity index (χ3n) is 5.36. The summed E-state index contributed by atoms with van der Waals surface area (Å²) in [5.74, 6) is 0.629. The number of aryl methyl sites for hydroxylation is 2. The zero-order valence-corrected chi connectivity index (χ0v) is 12.8. The fraction of sp³-hybridized carbons (Fsp3) is 0.667. The average Bonchev–Trinajstić information content (AvgIpc) is 2.41. The Balaban J connectivity index is 1.66. The minimum absolute atomic E-state index is 0.211. The molecule has 110 valence electrons. The molecule has 1 saturated heterocycles. The van der Waals surface area contributed by atoms with Crippen LogP contribution in [0, 0.1) is 19.8 Å². The van der Waals surface area contributed by atoms with Gasteiger partial charge in [0.25, 0.3) is 0 Å². The maximum Gasteiger partial charge on any atom is 0.0685 e. The molecule has 1 saturated carbocycles. The molecule has 3 rings (SSSR count). The topological polar surface area (TPSA) is 35.2 Å². The second-order valence-corrected chi connectivity index (χ2v) is 6.94. The Bertz CT molecular complexity index is 478. The Labute approximate surface area is 122 Å². The smallest absolute Gasteiger partial charge is 0.0685 e. The van der Waals surface area contributed by atoms with Crippen LogP contribution in [0.1, 0.15) is 48.8 Å². The lowest BCUT2D eigenvalue weighted by Crippen LogP contribution is -2.49. The molecule has 2 unspecified atom stereocenters. The first-order valence-electron chi connectivity index (χ1n) is 8.04. The highest BCUT2D eigenvalue weighted by Crippen LogP contribution is 2.45. The molecule has 0 radical (unpaired) electrons. The third kappa shape index (κ3) is 2.77. The van der Waals surface area contributed by atoms with Gasteiger partial charge in [0.15, 0.2) is 0 Å². The quantitative estimate of drug-likeness (QED) is 0.914. The van der Waals surface area contributed by atoms with Gasteiger partial charge in [-0.15, -0.1) is 0 Å². The van der Waals surface area contributed by atoms with Crippen molar-refractivity contribution in [3.63, 3.8) is 0 Å². The molecule has 2 atom stereocenters. The minimum Gasteiger partial charge on any atom is -0.375 e. The van der Waals surface area contributed by atoms with Crippen molar-refractivity contribution in [1.29, 1.82) is 0 Å². The highest BCUT2D eigenvalue weighted by Gasteiger charge is 2.43. The van der Waals surface area contributed by atoms with Crippen molar-refractivity contribution in [2.75, 3.05) is 6.61 Å². The van der Waals surface area contributed by atoms with E-state index in [4.69, 9.17) is 10.5 Å². The third-order valence-corrected chi connectivity index (χ3v) is 5.36. The van der Waals surface area contributed by atoms with Gasteiger partial charge in [-0.2, -0.15) is 0 Å². The molecular weight excluding hydrogens is 246 g/mol. The van der Waals surface area contributed by atoms with Crippen molar-refractivity contribution < 1.29 is 4.74 Å². The zero-order chi connectivity index (χ0) is 14.2.